The first-order valence-corrected chi connectivity index (χ1v) is 10.6. The van der Waals surface area contributed by atoms with Crippen LogP contribution in [0.4, 0.5) is 0 Å². The number of aliphatic hydroxyl groups excluding tert-OH is 1. The van der Waals surface area contributed by atoms with E-state index in [-0.39, 0.29) is 28.7 Å². The van der Waals surface area contributed by atoms with Crippen molar-refractivity contribution in [3.05, 3.63) is 53.6 Å². The molecule has 1 amide bonds. The first-order valence-electron chi connectivity index (χ1n) is 8.99. The molecule has 0 radical (unpaired) electrons. The van der Waals surface area contributed by atoms with Gasteiger partial charge >= 0.3 is 0 Å². The molecule has 0 spiro atoms. The van der Waals surface area contributed by atoms with Crippen molar-refractivity contribution in [3.63, 3.8) is 0 Å². The summed E-state index contributed by atoms with van der Waals surface area (Å²) in [6, 6.07) is 12.0. The van der Waals surface area contributed by atoms with Crippen LogP contribution in [0.15, 0.2) is 47.4 Å². The van der Waals surface area contributed by atoms with E-state index in [9.17, 15) is 13.2 Å². The molecule has 5 nitrogen and oxygen atoms in total. The number of hydrogen-bond donors (Lipinski definition) is 2. The molecular weight excluding hydrogens is 362 g/mol. The number of aliphatic hydroxyl groups is 1. The van der Waals surface area contributed by atoms with E-state index in [4.69, 9.17) is 5.11 Å². The zero-order chi connectivity index (χ0) is 20.2. The quantitative estimate of drug-likeness (QED) is 0.762. The molecular formula is C21H27NO4S. The molecule has 0 aromatic heterocycles. The summed E-state index contributed by atoms with van der Waals surface area (Å²) in [7, 11) is -3.52. The molecule has 2 rings (SSSR count). The molecule has 2 N–H and O–H groups in total. The molecule has 0 unspecified atom stereocenters. The lowest BCUT2D eigenvalue weighted by molar-refractivity contribution is 0.0922. The van der Waals surface area contributed by atoms with Crippen LogP contribution in [0.5, 0.6) is 0 Å². The third kappa shape index (κ3) is 5.65. The average Bonchev–Trinajstić information content (AvgIpc) is 2.60. The Kier molecular flexibility index (Phi) is 6.78. The molecule has 0 heterocycles. The van der Waals surface area contributed by atoms with E-state index in [0.717, 1.165) is 11.1 Å². The molecule has 2 aromatic rings. The number of carbonyl (C=O) groups is 1. The molecule has 0 aliphatic heterocycles. The third-order valence-electron chi connectivity index (χ3n) is 4.12. The summed E-state index contributed by atoms with van der Waals surface area (Å²) in [4.78, 5) is 12.7. The van der Waals surface area contributed by atoms with Gasteiger partial charge in [0.25, 0.3) is 5.91 Å². The van der Waals surface area contributed by atoms with Crippen LogP contribution in [0, 0.1) is 12.8 Å². The summed E-state index contributed by atoms with van der Waals surface area (Å²) < 4.78 is 25.5. The van der Waals surface area contributed by atoms with Crippen LogP contribution in [0.25, 0.3) is 11.1 Å². The lowest BCUT2D eigenvalue weighted by Gasteiger charge is -2.14. The minimum atomic E-state index is -3.52. The lowest BCUT2D eigenvalue weighted by atomic mass is 10.0. The molecule has 146 valence electrons. The van der Waals surface area contributed by atoms with Gasteiger partial charge in [-0.3, -0.25) is 4.79 Å². The number of nitrogens with one attached hydrogen (secondary N) is 1. The highest BCUT2D eigenvalue weighted by molar-refractivity contribution is 7.91. The van der Waals surface area contributed by atoms with Crippen molar-refractivity contribution >= 4 is 15.7 Å². The zero-order valence-electron chi connectivity index (χ0n) is 16.2. The van der Waals surface area contributed by atoms with Gasteiger partial charge in [-0.2, -0.15) is 0 Å². The molecule has 0 aliphatic rings. The molecule has 0 aliphatic carbocycles. The maximum absolute atomic E-state index is 12.8. The summed E-state index contributed by atoms with van der Waals surface area (Å²) in [6.45, 7) is 7.15. The number of amides is 1. The average molecular weight is 390 g/mol. The van der Waals surface area contributed by atoms with Gasteiger partial charge in [0.05, 0.1) is 17.3 Å². The van der Waals surface area contributed by atoms with Gasteiger partial charge in [-0.25, -0.2) is 8.42 Å². The summed E-state index contributed by atoms with van der Waals surface area (Å²) in [5.74, 6) is -0.422. The van der Waals surface area contributed by atoms with Crippen molar-refractivity contribution in [1.82, 2.24) is 5.32 Å². The summed E-state index contributed by atoms with van der Waals surface area (Å²) in [5.41, 5.74) is 2.86. The van der Waals surface area contributed by atoms with E-state index in [1.54, 1.807) is 19.1 Å². The number of rotatable bonds is 7. The van der Waals surface area contributed by atoms with E-state index in [1.165, 1.54) is 6.07 Å². The Bertz CT molecular complexity index is 902. The van der Waals surface area contributed by atoms with Crippen molar-refractivity contribution in [2.75, 3.05) is 12.4 Å². The molecule has 6 heteroatoms. The second kappa shape index (κ2) is 8.67. The molecule has 1 atom stereocenters. The summed E-state index contributed by atoms with van der Waals surface area (Å²) >= 11 is 0. The second-order valence-electron chi connectivity index (χ2n) is 7.34. The van der Waals surface area contributed by atoms with Crippen molar-refractivity contribution < 1.29 is 18.3 Å². The van der Waals surface area contributed by atoms with Gasteiger partial charge in [0, 0.05) is 11.6 Å². The van der Waals surface area contributed by atoms with E-state index < -0.39 is 21.8 Å². The topological polar surface area (TPSA) is 83.5 Å². The first-order chi connectivity index (χ1) is 12.6. The van der Waals surface area contributed by atoms with Gasteiger partial charge in [-0.15, -0.1) is 0 Å². The van der Waals surface area contributed by atoms with Gasteiger partial charge in [-0.05, 0) is 49.1 Å². The minimum Gasteiger partial charge on any atom is -0.394 e. The predicted octanol–water partition coefficient (Wildman–Crippen LogP) is 3.20. The highest BCUT2D eigenvalue weighted by atomic mass is 32.2. The Morgan fingerprint density at radius 2 is 1.67 bits per heavy atom. The van der Waals surface area contributed by atoms with Crippen molar-refractivity contribution in [1.29, 1.82) is 0 Å². The smallest absolute Gasteiger partial charge is 0.251 e. The Hall–Kier alpha value is -2.18. The fraction of sp³-hybridized carbons (Fsp3) is 0.381. The maximum atomic E-state index is 12.8. The third-order valence-corrected chi connectivity index (χ3v) is 6.18. The number of carbonyl (C=O) groups excluding carboxylic acids is 1. The highest BCUT2D eigenvalue weighted by Gasteiger charge is 2.20. The first kappa shape index (κ1) is 21.1. The van der Waals surface area contributed by atoms with E-state index in [2.05, 4.69) is 5.32 Å². The predicted molar refractivity (Wildman–Crippen MR) is 108 cm³/mol. The normalized spacial score (nSPS) is 12.8. The summed E-state index contributed by atoms with van der Waals surface area (Å²) in [5, 5.41) is 11.8. The zero-order valence-corrected chi connectivity index (χ0v) is 17.0. The largest absolute Gasteiger partial charge is 0.394 e. The van der Waals surface area contributed by atoms with Crippen LogP contribution in [0.1, 0.15) is 36.7 Å². The second-order valence-corrected chi connectivity index (χ2v) is 9.38. The molecule has 2 aromatic carbocycles. The standard InChI is InChI=1S/C21H27NO4S/c1-14(2)13-27(25,26)20-10-18(17-7-5-15(3)6-8-17)9-19(11-20)21(24)22-16(4)12-23/h5-11,14,16,23H,12-13H2,1-4H3,(H,22,24)/t16-/m0/s1. The van der Waals surface area contributed by atoms with Crippen molar-refractivity contribution in [2.24, 2.45) is 5.92 Å². The number of sulfone groups is 1. The van der Waals surface area contributed by atoms with Crippen molar-refractivity contribution in [2.45, 2.75) is 38.6 Å². The van der Waals surface area contributed by atoms with Gasteiger partial charge in [0.1, 0.15) is 0 Å². The van der Waals surface area contributed by atoms with Gasteiger partial charge in [0.2, 0.25) is 0 Å². The molecule has 0 fully saturated rings. The lowest BCUT2D eigenvalue weighted by Crippen LogP contribution is -2.35. The van der Waals surface area contributed by atoms with E-state index in [1.807, 2.05) is 45.0 Å². The Morgan fingerprint density at radius 1 is 1.04 bits per heavy atom. The highest BCUT2D eigenvalue weighted by Crippen LogP contribution is 2.26. The SMILES string of the molecule is Cc1ccc(-c2cc(C(=O)N[C@@H](C)CO)cc(S(=O)(=O)CC(C)C)c2)cc1. The minimum absolute atomic E-state index is 0.0124. The van der Waals surface area contributed by atoms with Crippen LogP contribution in [-0.4, -0.2) is 37.8 Å². The Labute approximate surface area is 161 Å². The summed E-state index contributed by atoms with van der Waals surface area (Å²) in [6.07, 6.45) is 0. The monoisotopic (exact) mass is 389 g/mol. The molecule has 0 bridgehead atoms. The fourth-order valence-electron chi connectivity index (χ4n) is 2.71. The van der Waals surface area contributed by atoms with Crippen LogP contribution in [0.3, 0.4) is 0 Å². The fourth-order valence-corrected chi connectivity index (χ4v) is 4.39. The number of aryl methyl sites for hydroxylation is 1. The maximum Gasteiger partial charge on any atom is 0.251 e. The Morgan fingerprint density at radius 3 is 2.22 bits per heavy atom. The van der Waals surface area contributed by atoms with Crippen LogP contribution in [-0.2, 0) is 9.84 Å². The van der Waals surface area contributed by atoms with Crippen LogP contribution in [0.2, 0.25) is 0 Å². The number of hydrogen-bond acceptors (Lipinski definition) is 4. The van der Waals surface area contributed by atoms with Crippen LogP contribution >= 0.6 is 0 Å². The van der Waals surface area contributed by atoms with Crippen molar-refractivity contribution in [3.8, 4) is 11.1 Å². The number of benzene rings is 2. The van der Waals surface area contributed by atoms with Gasteiger partial charge in [0.15, 0.2) is 9.84 Å². The van der Waals surface area contributed by atoms with Gasteiger partial charge in [-0.1, -0.05) is 43.7 Å². The molecule has 27 heavy (non-hydrogen) atoms. The van der Waals surface area contributed by atoms with E-state index >= 15 is 0 Å². The molecule has 0 saturated heterocycles. The Balaban J connectivity index is 2.56. The molecule has 0 saturated carbocycles. The van der Waals surface area contributed by atoms with E-state index in [0.29, 0.717) is 5.56 Å². The van der Waals surface area contributed by atoms with Crippen LogP contribution < -0.4 is 5.32 Å². The van der Waals surface area contributed by atoms with Gasteiger partial charge < -0.3 is 10.4 Å².